The monoisotopic (exact) mass is 284 g/mol. The van der Waals surface area contributed by atoms with Crippen molar-refractivity contribution in [1.29, 1.82) is 0 Å². The second kappa shape index (κ2) is 4.52. The Hall–Kier alpha value is -2.49. The Morgan fingerprint density at radius 1 is 1.05 bits per heavy atom. The van der Waals surface area contributed by atoms with Crippen molar-refractivity contribution in [2.75, 3.05) is 7.11 Å². The van der Waals surface area contributed by atoms with Gasteiger partial charge in [-0.25, -0.2) is 0 Å². The lowest BCUT2D eigenvalue weighted by atomic mass is 9.82. The number of aromatic hydroxyl groups is 2. The molecular formula is C17H16O4. The van der Waals surface area contributed by atoms with E-state index in [2.05, 4.69) is 0 Å². The fourth-order valence-electron chi connectivity index (χ4n) is 2.97. The van der Waals surface area contributed by atoms with Crippen LogP contribution >= 0.6 is 0 Å². The van der Waals surface area contributed by atoms with E-state index in [1.165, 1.54) is 7.11 Å². The van der Waals surface area contributed by atoms with Crippen LogP contribution in [0, 0.1) is 13.8 Å². The number of rotatable bonds is 1. The molecule has 0 spiro atoms. The highest BCUT2D eigenvalue weighted by Crippen LogP contribution is 2.41. The van der Waals surface area contributed by atoms with Crippen LogP contribution < -0.4 is 4.74 Å². The predicted molar refractivity (Wildman–Crippen MR) is 78.5 cm³/mol. The molecule has 3 rings (SSSR count). The topological polar surface area (TPSA) is 66.8 Å². The summed E-state index contributed by atoms with van der Waals surface area (Å²) in [6.45, 7) is 3.57. The Bertz CT molecular complexity index is 775. The predicted octanol–water partition coefficient (Wildman–Crippen LogP) is 2.86. The van der Waals surface area contributed by atoms with Gasteiger partial charge in [-0.1, -0.05) is 6.07 Å². The van der Waals surface area contributed by atoms with Gasteiger partial charge in [-0.2, -0.15) is 0 Å². The number of carbonyl (C=O) groups is 1. The molecule has 21 heavy (non-hydrogen) atoms. The van der Waals surface area contributed by atoms with Gasteiger partial charge in [0.1, 0.15) is 17.2 Å². The van der Waals surface area contributed by atoms with Crippen LogP contribution in [0.2, 0.25) is 0 Å². The van der Waals surface area contributed by atoms with Crippen molar-refractivity contribution in [3.05, 3.63) is 51.6 Å². The maximum Gasteiger partial charge on any atom is 0.201 e. The quantitative estimate of drug-likeness (QED) is 0.721. The third kappa shape index (κ3) is 1.87. The zero-order valence-electron chi connectivity index (χ0n) is 12.2. The Morgan fingerprint density at radius 3 is 2.38 bits per heavy atom. The Labute approximate surface area is 122 Å². The number of phenols is 2. The molecule has 1 aliphatic carbocycles. The van der Waals surface area contributed by atoms with Gasteiger partial charge < -0.3 is 14.9 Å². The standard InChI is InChI=1S/C17H16O4/c1-8-4-10-6-11-7-13(21-3)9(2)16(19)15(11)17(20)14(10)12(18)5-8/h4-5,7,18-19H,6H2,1-3H3. The normalized spacial score (nSPS) is 12.8. The number of carbonyl (C=O) groups excluding carboxylic acids is 1. The van der Waals surface area contributed by atoms with Crippen molar-refractivity contribution >= 4 is 5.78 Å². The first-order valence-electron chi connectivity index (χ1n) is 6.70. The Kier molecular flexibility index (Phi) is 2.90. The van der Waals surface area contributed by atoms with Gasteiger partial charge in [0.05, 0.1) is 18.2 Å². The summed E-state index contributed by atoms with van der Waals surface area (Å²) in [5.74, 6) is 0.111. The van der Waals surface area contributed by atoms with E-state index in [-0.39, 0.29) is 28.4 Å². The Balaban J connectivity index is 2.29. The van der Waals surface area contributed by atoms with Crippen LogP contribution in [-0.2, 0) is 6.42 Å². The summed E-state index contributed by atoms with van der Waals surface area (Å²) in [5, 5.41) is 20.4. The van der Waals surface area contributed by atoms with Crippen LogP contribution in [0.5, 0.6) is 17.2 Å². The largest absolute Gasteiger partial charge is 0.507 e. The van der Waals surface area contributed by atoms with Crippen LogP contribution in [0.3, 0.4) is 0 Å². The minimum atomic E-state index is -0.341. The van der Waals surface area contributed by atoms with Crippen LogP contribution in [0.1, 0.15) is 38.2 Å². The highest BCUT2D eigenvalue weighted by molar-refractivity contribution is 6.15. The number of benzene rings is 2. The SMILES string of the molecule is COc1cc2c(c(O)c1C)C(=O)c1c(O)cc(C)cc1C2. The highest BCUT2D eigenvalue weighted by atomic mass is 16.5. The summed E-state index contributed by atoms with van der Waals surface area (Å²) in [7, 11) is 1.53. The fourth-order valence-corrected chi connectivity index (χ4v) is 2.97. The van der Waals surface area contributed by atoms with Crippen LogP contribution in [0.25, 0.3) is 0 Å². The molecule has 4 nitrogen and oxygen atoms in total. The minimum absolute atomic E-state index is 0.0338. The minimum Gasteiger partial charge on any atom is -0.507 e. The molecule has 0 fully saturated rings. The molecule has 108 valence electrons. The molecule has 0 saturated heterocycles. The van der Waals surface area contributed by atoms with E-state index in [4.69, 9.17) is 4.74 Å². The molecule has 0 bridgehead atoms. The van der Waals surface area contributed by atoms with Gasteiger partial charge in [0.2, 0.25) is 5.78 Å². The van der Waals surface area contributed by atoms with E-state index in [1.807, 2.05) is 13.0 Å². The molecule has 0 aliphatic heterocycles. The number of ether oxygens (including phenoxy) is 1. The lowest BCUT2D eigenvalue weighted by Crippen LogP contribution is -2.16. The van der Waals surface area contributed by atoms with Crippen LogP contribution in [0.15, 0.2) is 18.2 Å². The number of hydrogen-bond donors (Lipinski definition) is 2. The van der Waals surface area contributed by atoms with Crippen LogP contribution in [0.4, 0.5) is 0 Å². The first kappa shape index (κ1) is 13.5. The summed E-state index contributed by atoms with van der Waals surface area (Å²) in [6.07, 6.45) is 0.482. The van der Waals surface area contributed by atoms with Crippen molar-refractivity contribution in [2.24, 2.45) is 0 Å². The zero-order valence-corrected chi connectivity index (χ0v) is 12.2. The molecule has 2 aromatic carbocycles. The zero-order chi connectivity index (χ0) is 15.3. The summed E-state index contributed by atoms with van der Waals surface area (Å²) < 4.78 is 5.24. The van der Waals surface area contributed by atoms with E-state index in [0.29, 0.717) is 17.7 Å². The van der Waals surface area contributed by atoms with Crippen LogP contribution in [-0.4, -0.2) is 23.1 Å². The number of aryl methyl sites for hydroxylation is 1. The summed E-state index contributed by atoms with van der Waals surface area (Å²) in [4.78, 5) is 12.7. The first-order valence-corrected chi connectivity index (χ1v) is 6.70. The van der Waals surface area contributed by atoms with E-state index >= 15 is 0 Å². The van der Waals surface area contributed by atoms with Crippen molar-refractivity contribution in [3.8, 4) is 17.2 Å². The van der Waals surface area contributed by atoms with Gasteiger partial charge in [-0.05, 0) is 49.1 Å². The molecule has 2 N–H and O–H groups in total. The summed E-state index contributed by atoms with van der Waals surface area (Å²) in [5.41, 5.74) is 3.46. The second-order valence-electron chi connectivity index (χ2n) is 5.41. The first-order chi connectivity index (χ1) is 9.93. The molecule has 2 aromatic rings. The molecule has 0 amide bonds. The molecule has 0 aromatic heterocycles. The average molecular weight is 284 g/mol. The van der Waals surface area contributed by atoms with Gasteiger partial charge in [-0.15, -0.1) is 0 Å². The van der Waals surface area contributed by atoms with Crippen molar-refractivity contribution in [3.63, 3.8) is 0 Å². The molecule has 4 heteroatoms. The number of hydrogen-bond acceptors (Lipinski definition) is 4. The van der Waals surface area contributed by atoms with E-state index in [1.54, 1.807) is 19.1 Å². The number of fused-ring (bicyclic) bond motifs is 2. The maximum atomic E-state index is 12.7. The molecule has 0 radical (unpaired) electrons. The van der Waals surface area contributed by atoms with Gasteiger partial charge in [-0.3, -0.25) is 4.79 Å². The third-order valence-corrected chi connectivity index (χ3v) is 3.99. The second-order valence-corrected chi connectivity index (χ2v) is 5.41. The number of phenolic OH excluding ortho intramolecular Hbond substituents is 2. The number of ketones is 1. The van der Waals surface area contributed by atoms with Gasteiger partial charge in [0, 0.05) is 5.56 Å². The third-order valence-electron chi connectivity index (χ3n) is 3.99. The van der Waals surface area contributed by atoms with Gasteiger partial charge in [0.25, 0.3) is 0 Å². The van der Waals surface area contributed by atoms with E-state index in [9.17, 15) is 15.0 Å². The van der Waals surface area contributed by atoms with Gasteiger partial charge >= 0.3 is 0 Å². The lowest BCUT2D eigenvalue weighted by molar-refractivity contribution is 0.102. The number of methoxy groups -OCH3 is 1. The fraction of sp³-hybridized carbons (Fsp3) is 0.235. The summed E-state index contributed by atoms with van der Waals surface area (Å²) in [6, 6.07) is 5.24. The molecule has 1 aliphatic rings. The van der Waals surface area contributed by atoms with E-state index in [0.717, 1.165) is 16.7 Å². The van der Waals surface area contributed by atoms with Crippen molar-refractivity contribution in [1.82, 2.24) is 0 Å². The van der Waals surface area contributed by atoms with Crippen molar-refractivity contribution in [2.45, 2.75) is 20.3 Å². The summed E-state index contributed by atoms with van der Waals surface area (Å²) >= 11 is 0. The molecule has 0 unspecified atom stereocenters. The maximum absolute atomic E-state index is 12.7. The molecular weight excluding hydrogens is 268 g/mol. The Morgan fingerprint density at radius 2 is 1.71 bits per heavy atom. The smallest absolute Gasteiger partial charge is 0.201 e. The van der Waals surface area contributed by atoms with Crippen molar-refractivity contribution < 1.29 is 19.7 Å². The molecule has 0 atom stereocenters. The van der Waals surface area contributed by atoms with Gasteiger partial charge in [0.15, 0.2) is 0 Å². The lowest BCUT2D eigenvalue weighted by Gasteiger charge is -2.22. The molecule has 0 saturated carbocycles. The molecule has 0 heterocycles. The average Bonchev–Trinajstić information content (AvgIpc) is 2.41. The van der Waals surface area contributed by atoms with E-state index < -0.39 is 0 Å². The highest BCUT2D eigenvalue weighted by Gasteiger charge is 2.30.